The van der Waals surface area contributed by atoms with Gasteiger partial charge in [-0.25, -0.2) is 4.98 Å². The first kappa shape index (κ1) is 10.6. The number of ether oxygens (including phenoxy) is 1. The van der Waals surface area contributed by atoms with E-state index in [-0.39, 0.29) is 0 Å². The van der Waals surface area contributed by atoms with E-state index in [2.05, 4.69) is 15.4 Å². The summed E-state index contributed by atoms with van der Waals surface area (Å²) in [5.74, 6) is 1.28. The fourth-order valence-corrected chi connectivity index (χ4v) is 1.39. The van der Waals surface area contributed by atoms with Crippen molar-refractivity contribution in [3.05, 3.63) is 36.3 Å². The third-order valence-corrected chi connectivity index (χ3v) is 2.08. The number of pyridine rings is 1. The fourth-order valence-electron chi connectivity index (χ4n) is 1.39. The van der Waals surface area contributed by atoms with Gasteiger partial charge in [0.25, 0.3) is 0 Å². The smallest absolute Gasteiger partial charge is 0.219 e. The van der Waals surface area contributed by atoms with Crippen LogP contribution in [0.1, 0.15) is 5.56 Å². The van der Waals surface area contributed by atoms with Crippen LogP contribution in [0.15, 0.2) is 30.7 Å². The van der Waals surface area contributed by atoms with Gasteiger partial charge in [0, 0.05) is 25.9 Å². The number of hydrogen-bond donors (Lipinski definition) is 1. The van der Waals surface area contributed by atoms with Crippen LogP contribution in [0.2, 0.25) is 0 Å². The van der Waals surface area contributed by atoms with Crippen molar-refractivity contribution in [2.75, 3.05) is 7.05 Å². The van der Waals surface area contributed by atoms with Crippen molar-refractivity contribution in [3.8, 4) is 11.6 Å². The van der Waals surface area contributed by atoms with Crippen molar-refractivity contribution >= 4 is 0 Å². The molecule has 0 saturated carbocycles. The maximum atomic E-state index is 5.56. The summed E-state index contributed by atoms with van der Waals surface area (Å²) in [6.07, 6.45) is 5.19. The van der Waals surface area contributed by atoms with Gasteiger partial charge < -0.3 is 10.1 Å². The Kier molecular flexibility index (Phi) is 3.16. The van der Waals surface area contributed by atoms with Crippen molar-refractivity contribution in [1.82, 2.24) is 20.1 Å². The molecule has 0 unspecified atom stereocenters. The van der Waals surface area contributed by atoms with Crippen molar-refractivity contribution < 1.29 is 4.74 Å². The minimum atomic E-state index is 0.584. The zero-order valence-corrected chi connectivity index (χ0v) is 9.34. The molecular formula is C11H14N4O. The molecule has 0 bridgehead atoms. The van der Waals surface area contributed by atoms with Crippen LogP contribution < -0.4 is 10.1 Å². The fraction of sp³-hybridized carbons (Fsp3) is 0.273. The van der Waals surface area contributed by atoms with Gasteiger partial charge in [-0.3, -0.25) is 4.68 Å². The first-order chi connectivity index (χ1) is 7.78. The van der Waals surface area contributed by atoms with E-state index in [1.807, 2.05) is 26.2 Å². The predicted molar refractivity (Wildman–Crippen MR) is 60.3 cm³/mol. The molecule has 0 atom stereocenters. The van der Waals surface area contributed by atoms with Crippen LogP contribution in [0, 0.1) is 0 Å². The summed E-state index contributed by atoms with van der Waals surface area (Å²) < 4.78 is 7.25. The number of rotatable bonds is 4. The average molecular weight is 218 g/mol. The van der Waals surface area contributed by atoms with Crippen LogP contribution in [0.3, 0.4) is 0 Å². The van der Waals surface area contributed by atoms with Gasteiger partial charge in [-0.15, -0.1) is 0 Å². The first-order valence-electron chi connectivity index (χ1n) is 5.04. The largest absolute Gasteiger partial charge is 0.436 e. The third-order valence-electron chi connectivity index (χ3n) is 2.08. The highest BCUT2D eigenvalue weighted by atomic mass is 16.5. The van der Waals surface area contributed by atoms with E-state index >= 15 is 0 Å². The quantitative estimate of drug-likeness (QED) is 0.841. The maximum Gasteiger partial charge on any atom is 0.219 e. The van der Waals surface area contributed by atoms with E-state index in [1.54, 1.807) is 23.3 Å². The van der Waals surface area contributed by atoms with E-state index in [4.69, 9.17) is 4.74 Å². The number of aromatic nitrogens is 3. The summed E-state index contributed by atoms with van der Waals surface area (Å²) in [7, 11) is 3.75. The number of nitrogens with one attached hydrogen (secondary N) is 1. The molecule has 0 radical (unpaired) electrons. The van der Waals surface area contributed by atoms with Gasteiger partial charge in [-0.1, -0.05) is 0 Å². The molecule has 0 spiro atoms. The molecule has 16 heavy (non-hydrogen) atoms. The van der Waals surface area contributed by atoms with Gasteiger partial charge in [0.05, 0.1) is 12.4 Å². The zero-order chi connectivity index (χ0) is 11.4. The lowest BCUT2D eigenvalue weighted by Gasteiger charge is -2.04. The van der Waals surface area contributed by atoms with Gasteiger partial charge in [0.2, 0.25) is 5.88 Å². The Labute approximate surface area is 94.1 Å². The molecular weight excluding hydrogens is 204 g/mol. The van der Waals surface area contributed by atoms with Crippen molar-refractivity contribution in [3.63, 3.8) is 0 Å². The second-order valence-electron chi connectivity index (χ2n) is 3.48. The van der Waals surface area contributed by atoms with Crippen LogP contribution in [0.4, 0.5) is 0 Å². The Morgan fingerprint density at radius 1 is 1.50 bits per heavy atom. The molecule has 0 aliphatic rings. The van der Waals surface area contributed by atoms with Crippen molar-refractivity contribution in [1.29, 1.82) is 0 Å². The normalized spacial score (nSPS) is 10.4. The van der Waals surface area contributed by atoms with E-state index in [0.29, 0.717) is 11.6 Å². The molecule has 5 nitrogen and oxygen atoms in total. The van der Waals surface area contributed by atoms with Gasteiger partial charge in [0.1, 0.15) is 0 Å². The lowest BCUT2D eigenvalue weighted by Crippen LogP contribution is -2.05. The molecule has 2 rings (SSSR count). The molecule has 0 aliphatic carbocycles. The Hall–Kier alpha value is -1.88. The van der Waals surface area contributed by atoms with Crippen molar-refractivity contribution in [2.24, 2.45) is 7.05 Å². The molecule has 2 aromatic heterocycles. The summed E-state index contributed by atoms with van der Waals surface area (Å²) in [5.41, 5.74) is 1.14. The first-order valence-corrected chi connectivity index (χ1v) is 5.04. The lowest BCUT2D eigenvalue weighted by atomic mass is 10.3. The zero-order valence-electron chi connectivity index (χ0n) is 9.34. The van der Waals surface area contributed by atoms with E-state index in [1.165, 1.54) is 0 Å². The molecule has 0 amide bonds. The van der Waals surface area contributed by atoms with Crippen molar-refractivity contribution in [2.45, 2.75) is 6.54 Å². The summed E-state index contributed by atoms with van der Waals surface area (Å²) >= 11 is 0. The molecule has 5 heteroatoms. The summed E-state index contributed by atoms with van der Waals surface area (Å²) in [6, 6.07) is 3.86. The summed E-state index contributed by atoms with van der Waals surface area (Å²) in [6.45, 7) is 0.798. The summed E-state index contributed by atoms with van der Waals surface area (Å²) in [5, 5.41) is 7.10. The maximum absolute atomic E-state index is 5.56. The Bertz CT molecular complexity index is 467. The lowest BCUT2D eigenvalue weighted by molar-refractivity contribution is 0.461. The van der Waals surface area contributed by atoms with Gasteiger partial charge >= 0.3 is 0 Å². The van der Waals surface area contributed by atoms with Gasteiger partial charge in [0.15, 0.2) is 5.75 Å². The highest BCUT2D eigenvalue weighted by Crippen LogP contribution is 2.18. The molecule has 2 aromatic rings. The molecule has 2 heterocycles. The Morgan fingerprint density at radius 2 is 2.38 bits per heavy atom. The topological polar surface area (TPSA) is 52.0 Å². The monoisotopic (exact) mass is 218 g/mol. The van der Waals surface area contributed by atoms with Crippen LogP contribution in [-0.4, -0.2) is 21.8 Å². The minimum Gasteiger partial charge on any atom is -0.436 e. The number of hydrogen-bond acceptors (Lipinski definition) is 4. The summed E-state index contributed by atoms with van der Waals surface area (Å²) in [4.78, 5) is 4.14. The van der Waals surface area contributed by atoms with Gasteiger partial charge in [-0.2, -0.15) is 5.10 Å². The molecule has 0 fully saturated rings. The molecule has 0 aliphatic heterocycles. The van der Waals surface area contributed by atoms with Crippen LogP contribution in [0.5, 0.6) is 11.6 Å². The molecule has 0 aromatic carbocycles. The Balaban J connectivity index is 2.12. The van der Waals surface area contributed by atoms with Crippen LogP contribution in [0.25, 0.3) is 0 Å². The van der Waals surface area contributed by atoms with E-state index in [9.17, 15) is 0 Å². The van der Waals surface area contributed by atoms with E-state index < -0.39 is 0 Å². The van der Waals surface area contributed by atoms with E-state index in [0.717, 1.165) is 12.1 Å². The molecule has 84 valence electrons. The van der Waals surface area contributed by atoms with Gasteiger partial charge in [-0.05, 0) is 18.7 Å². The SMILES string of the molecule is CNCc1ccnc(Oc2cnn(C)c2)c1. The molecule has 0 saturated heterocycles. The number of nitrogens with zero attached hydrogens (tertiary/aromatic N) is 3. The minimum absolute atomic E-state index is 0.584. The second-order valence-corrected chi connectivity index (χ2v) is 3.48. The number of aryl methyl sites for hydroxylation is 1. The van der Waals surface area contributed by atoms with Crippen LogP contribution >= 0.6 is 0 Å². The predicted octanol–water partition coefficient (Wildman–Crippen LogP) is 1.33. The third kappa shape index (κ3) is 2.58. The highest BCUT2D eigenvalue weighted by molar-refractivity contribution is 5.25. The van der Waals surface area contributed by atoms with Crippen LogP contribution in [-0.2, 0) is 13.6 Å². The second kappa shape index (κ2) is 4.76. The average Bonchev–Trinajstić information content (AvgIpc) is 2.65. The highest BCUT2D eigenvalue weighted by Gasteiger charge is 2.01. The standard InChI is InChI=1S/C11H14N4O/c1-12-6-9-3-4-13-11(5-9)16-10-7-14-15(2)8-10/h3-5,7-8,12H,6H2,1-2H3. The Morgan fingerprint density at radius 3 is 3.06 bits per heavy atom. The molecule has 1 N–H and O–H groups in total.